The number of aromatic nitrogens is 1. The first-order valence-corrected chi connectivity index (χ1v) is 8.49. The van der Waals surface area contributed by atoms with E-state index in [9.17, 15) is 4.79 Å². The number of ether oxygens (including phenoxy) is 1. The summed E-state index contributed by atoms with van der Waals surface area (Å²) in [5, 5.41) is 4.70. The van der Waals surface area contributed by atoms with Crippen molar-refractivity contribution in [2.45, 2.75) is 13.8 Å². The molecule has 0 bridgehead atoms. The van der Waals surface area contributed by atoms with Crippen LogP contribution in [0.3, 0.4) is 0 Å². The van der Waals surface area contributed by atoms with Crippen molar-refractivity contribution in [3.05, 3.63) is 66.1 Å². The number of furan rings is 1. The summed E-state index contributed by atoms with van der Waals surface area (Å²) in [5.74, 6) is 0.728. The third-order valence-electron chi connectivity index (χ3n) is 4.33. The molecule has 130 valence electrons. The number of carbonyl (C=O) groups is 1. The summed E-state index contributed by atoms with van der Waals surface area (Å²) in [6.45, 7) is 4.36. The lowest BCUT2D eigenvalue weighted by Crippen LogP contribution is -2.12. The smallest absolute Gasteiger partial charge is 0.291 e. The van der Waals surface area contributed by atoms with Crippen LogP contribution >= 0.6 is 0 Å². The molecule has 5 nitrogen and oxygen atoms in total. The van der Waals surface area contributed by atoms with Crippen LogP contribution in [0.15, 0.2) is 59.1 Å². The summed E-state index contributed by atoms with van der Waals surface area (Å²) >= 11 is 0. The third-order valence-corrected chi connectivity index (χ3v) is 4.33. The maximum atomic E-state index is 12.8. The quantitative estimate of drug-likeness (QED) is 0.568. The highest BCUT2D eigenvalue weighted by molar-refractivity contribution is 6.10. The number of rotatable bonds is 4. The molecule has 4 aromatic rings. The fourth-order valence-electron chi connectivity index (χ4n) is 3.10. The second kappa shape index (κ2) is 6.52. The van der Waals surface area contributed by atoms with E-state index < -0.39 is 0 Å². The average Bonchev–Trinajstić information content (AvgIpc) is 3.01. The summed E-state index contributed by atoms with van der Waals surface area (Å²) in [6, 6.07) is 15.0. The Labute approximate surface area is 150 Å². The average molecular weight is 346 g/mol. The Morgan fingerprint density at radius 2 is 1.92 bits per heavy atom. The van der Waals surface area contributed by atoms with E-state index in [1.54, 1.807) is 6.20 Å². The van der Waals surface area contributed by atoms with E-state index in [0.717, 1.165) is 16.3 Å². The molecule has 0 fully saturated rings. The van der Waals surface area contributed by atoms with Crippen LogP contribution in [0.4, 0.5) is 5.69 Å². The van der Waals surface area contributed by atoms with E-state index in [-0.39, 0.29) is 5.91 Å². The monoisotopic (exact) mass is 346 g/mol. The van der Waals surface area contributed by atoms with Crippen molar-refractivity contribution in [2.24, 2.45) is 0 Å². The van der Waals surface area contributed by atoms with Gasteiger partial charge in [0.15, 0.2) is 5.76 Å². The SMILES string of the molecule is CCOc1ccc(NC(=O)c2oc3ccccc3c2C)c2cccnc12. The molecule has 5 heteroatoms. The molecule has 1 amide bonds. The zero-order chi connectivity index (χ0) is 18.1. The highest BCUT2D eigenvalue weighted by Gasteiger charge is 2.19. The molecule has 0 saturated carbocycles. The molecule has 2 aromatic carbocycles. The number of carbonyl (C=O) groups excluding carboxylic acids is 1. The number of anilines is 1. The van der Waals surface area contributed by atoms with Gasteiger partial charge < -0.3 is 14.5 Å². The maximum absolute atomic E-state index is 12.8. The number of hydrogen-bond donors (Lipinski definition) is 1. The molecule has 0 aliphatic rings. The molecule has 0 atom stereocenters. The van der Waals surface area contributed by atoms with E-state index in [2.05, 4.69) is 10.3 Å². The highest BCUT2D eigenvalue weighted by atomic mass is 16.5. The van der Waals surface area contributed by atoms with E-state index in [4.69, 9.17) is 9.15 Å². The van der Waals surface area contributed by atoms with Gasteiger partial charge in [-0.25, -0.2) is 0 Å². The summed E-state index contributed by atoms with van der Waals surface area (Å²) in [7, 11) is 0. The fraction of sp³-hybridized carbons (Fsp3) is 0.143. The second-order valence-electron chi connectivity index (χ2n) is 5.95. The second-order valence-corrected chi connectivity index (χ2v) is 5.95. The van der Waals surface area contributed by atoms with Crippen LogP contribution in [0.2, 0.25) is 0 Å². The van der Waals surface area contributed by atoms with E-state index in [0.29, 0.717) is 34.9 Å². The van der Waals surface area contributed by atoms with Crippen LogP contribution in [-0.2, 0) is 0 Å². The Kier molecular flexibility index (Phi) is 4.05. The minimum atomic E-state index is -0.284. The van der Waals surface area contributed by atoms with Gasteiger partial charge in [-0.15, -0.1) is 0 Å². The van der Waals surface area contributed by atoms with Crippen molar-refractivity contribution in [1.82, 2.24) is 4.98 Å². The van der Waals surface area contributed by atoms with E-state index in [1.165, 1.54) is 0 Å². The first kappa shape index (κ1) is 16.1. The summed E-state index contributed by atoms with van der Waals surface area (Å²) in [5.41, 5.74) is 2.91. The Morgan fingerprint density at radius 1 is 1.12 bits per heavy atom. The molecule has 0 aliphatic carbocycles. The zero-order valence-corrected chi connectivity index (χ0v) is 14.6. The van der Waals surface area contributed by atoms with Crippen molar-refractivity contribution in [3.8, 4) is 5.75 Å². The first-order valence-electron chi connectivity index (χ1n) is 8.49. The largest absolute Gasteiger partial charge is 0.492 e. The molecule has 1 N–H and O–H groups in total. The third kappa shape index (κ3) is 2.67. The Morgan fingerprint density at radius 3 is 2.73 bits per heavy atom. The maximum Gasteiger partial charge on any atom is 0.291 e. The molecular formula is C21H18N2O3. The van der Waals surface area contributed by atoms with Gasteiger partial charge in [-0.05, 0) is 44.2 Å². The van der Waals surface area contributed by atoms with Crippen molar-refractivity contribution in [2.75, 3.05) is 11.9 Å². The van der Waals surface area contributed by atoms with Crippen molar-refractivity contribution < 1.29 is 13.9 Å². The predicted octanol–water partition coefficient (Wildman–Crippen LogP) is 4.94. The van der Waals surface area contributed by atoms with Gasteiger partial charge in [0.05, 0.1) is 12.3 Å². The van der Waals surface area contributed by atoms with Gasteiger partial charge in [-0.2, -0.15) is 0 Å². The molecule has 0 saturated heterocycles. The lowest BCUT2D eigenvalue weighted by atomic mass is 10.1. The number of hydrogen-bond acceptors (Lipinski definition) is 4. The minimum absolute atomic E-state index is 0.284. The fourth-order valence-corrected chi connectivity index (χ4v) is 3.10. The topological polar surface area (TPSA) is 64.4 Å². The molecule has 2 aromatic heterocycles. The van der Waals surface area contributed by atoms with Crippen LogP contribution in [0.1, 0.15) is 23.0 Å². The van der Waals surface area contributed by atoms with E-state index >= 15 is 0 Å². The standard InChI is InChI=1S/C21H18N2O3/c1-3-25-18-11-10-16(15-8-6-12-22-19(15)18)23-21(24)20-13(2)14-7-4-5-9-17(14)26-20/h4-12H,3H2,1-2H3,(H,23,24). The number of amides is 1. The number of pyridine rings is 1. The predicted molar refractivity (Wildman–Crippen MR) is 102 cm³/mol. The normalized spacial score (nSPS) is 11.0. The van der Waals surface area contributed by atoms with Crippen molar-refractivity contribution in [3.63, 3.8) is 0 Å². The molecule has 4 rings (SSSR count). The molecule has 26 heavy (non-hydrogen) atoms. The van der Waals surface area contributed by atoms with Crippen LogP contribution in [0.5, 0.6) is 5.75 Å². The van der Waals surface area contributed by atoms with Gasteiger partial charge >= 0.3 is 0 Å². The number of nitrogens with one attached hydrogen (secondary N) is 1. The number of para-hydroxylation sites is 1. The van der Waals surface area contributed by atoms with Gasteiger partial charge in [0.2, 0.25) is 0 Å². The van der Waals surface area contributed by atoms with Crippen molar-refractivity contribution >= 4 is 33.5 Å². The number of nitrogens with zero attached hydrogens (tertiary/aromatic N) is 1. The highest BCUT2D eigenvalue weighted by Crippen LogP contribution is 2.31. The van der Waals surface area contributed by atoms with Crippen LogP contribution in [0.25, 0.3) is 21.9 Å². The van der Waals surface area contributed by atoms with Gasteiger partial charge in [0.25, 0.3) is 5.91 Å². The summed E-state index contributed by atoms with van der Waals surface area (Å²) in [4.78, 5) is 17.2. The molecule has 0 spiro atoms. The molecule has 2 heterocycles. The van der Waals surface area contributed by atoms with Gasteiger partial charge in [-0.1, -0.05) is 18.2 Å². The minimum Gasteiger partial charge on any atom is -0.492 e. The number of fused-ring (bicyclic) bond motifs is 2. The summed E-state index contributed by atoms with van der Waals surface area (Å²) < 4.78 is 11.4. The summed E-state index contributed by atoms with van der Waals surface area (Å²) in [6.07, 6.45) is 1.71. The van der Waals surface area contributed by atoms with Gasteiger partial charge in [-0.3, -0.25) is 9.78 Å². The van der Waals surface area contributed by atoms with Gasteiger partial charge in [0.1, 0.15) is 16.8 Å². The number of aryl methyl sites for hydroxylation is 1. The number of benzene rings is 2. The van der Waals surface area contributed by atoms with Crippen molar-refractivity contribution in [1.29, 1.82) is 0 Å². The van der Waals surface area contributed by atoms with Crippen LogP contribution in [0, 0.1) is 6.92 Å². The Balaban J connectivity index is 1.74. The zero-order valence-electron chi connectivity index (χ0n) is 14.6. The Hall–Kier alpha value is -3.34. The van der Waals surface area contributed by atoms with Crippen LogP contribution < -0.4 is 10.1 Å². The molecule has 0 aliphatic heterocycles. The molecular weight excluding hydrogens is 328 g/mol. The molecule has 0 unspecified atom stereocenters. The van der Waals surface area contributed by atoms with Gasteiger partial charge in [0, 0.05) is 22.5 Å². The Bertz CT molecular complexity index is 1110. The van der Waals surface area contributed by atoms with E-state index in [1.807, 2.05) is 62.4 Å². The first-order chi connectivity index (χ1) is 12.7. The van der Waals surface area contributed by atoms with Crippen LogP contribution in [-0.4, -0.2) is 17.5 Å². The lowest BCUT2D eigenvalue weighted by Gasteiger charge is -2.11. The lowest BCUT2D eigenvalue weighted by molar-refractivity contribution is 0.0998. The molecule has 0 radical (unpaired) electrons.